The highest BCUT2D eigenvalue weighted by Crippen LogP contribution is 2.24. The summed E-state index contributed by atoms with van der Waals surface area (Å²) in [4.78, 5) is 9.92. The number of rotatable bonds is 4. The molecular formula is C13H15FN4. The maximum atomic E-state index is 13.7. The minimum absolute atomic E-state index is 0.274. The quantitative estimate of drug-likeness (QED) is 0.900. The zero-order valence-electron chi connectivity index (χ0n) is 10.4. The number of nitrogens with zero attached hydrogens (tertiary/aromatic N) is 3. The van der Waals surface area contributed by atoms with Crippen molar-refractivity contribution in [1.29, 1.82) is 0 Å². The van der Waals surface area contributed by atoms with Crippen LogP contribution in [0.3, 0.4) is 0 Å². The van der Waals surface area contributed by atoms with E-state index < -0.39 is 0 Å². The van der Waals surface area contributed by atoms with Crippen molar-refractivity contribution in [2.45, 2.75) is 6.92 Å². The topological polar surface area (TPSA) is 41.0 Å². The van der Waals surface area contributed by atoms with Crippen LogP contribution in [0.2, 0.25) is 0 Å². The number of aromatic nitrogens is 2. The van der Waals surface area contributed by atoms with Crippen LogP contribution < -0.4 is 10.2 Å². The standard InChI is InChI=1S/C13H15FN4/c1-3-15-12-8-13(17-9-16-12)18(2)11-7-5-4-6-10(11)14/h4-9H,3H2,1-2H3,(H,15,16,17). The molecule has 0 saturated carbocycles. The summed E-state index contributed by atoms with van der Waals surface area (Å²) in [5.41, 5.74) is 0.485. The summed E-state index contributed by atoms with van der Waals surface area (Å²) in [6.07, 6.45) is 1.46. The number of hydrogen-bond acceptors (Lipinski definition) is 4. The molecule has 5 heteroatoms. The zero-order chi connectivity index (χ0) is 13.0. The van der Waals surface area contributed by atoms with Crippen LogP contribution in [-0.4, -0.2) is 23.6 Å². The first-order valence-corrected chi connectivity index (χ1v) is 5.76. The first kappa shape index (κ1) is 12.3. The van der Waals surface area contributed by atoms with Gasteiger partial charge >= 0.3 is 0 Å². The lowest BCUT2D eigenvalue weighted by molar-refractivity contribution is 0.627. The first-order chi connectivity index (χ1) is 8.72. The van der Waals surface area contributed by atoms with Crippen LogP contribution >= 0.6 is 0 Å². The van der Waals surface area contributed by atoms with Crippen molar-refractivity contribution in [3.8, 4) is 0 Å². The van der Waals surface area contributed by atoms with Gasteiger partial charge in [0.2, 0.25) is 0 Å². The van der Waals surface area contributed by atoms with E-state index in [-0.39, 0.29) is 5.82 Å². The minimum atomic E-state index is -0.274. The molecule has 2 aromatic rings. The fraction of sp³-hybridized carbons (Fsp3) is 0.231. The lowest BCUT2D eigenvalue weighted by Gasteiger charge is -2.19. The third kappa shape index (κ3) is 2.56. The molecule has 1 heterocycles. The molecule has 4 nitrogen and oxygen atoms in total. The van der Waals surface area contributed by atoms with Crippen molar-refractivity contribution in [1.82, 2.24) is 9.97 Å². The van der Waals surface area contributed by atoms with Gasteiger partial charge in [0.15, 0.2) is 0 Å². The highest BCUT2D eigenvalue weighted by atomic mass is 19.1. The molecule has 0 radical (unpaired) electrons. The molecular weight excluding hydrogens is 231 g/mol. The highest BCUT2D eigenvalue weighted by Gasteiger charge is 2.10. The lowest BCUT2D eigenvalue weighted by atomic mass is 10.3. The van der Waals surface area contributed by atoms with Gasteiger partial charge in [-0.15, -0.1) is 0 Å². The predicted octanol–water partition coefficient (Wildman–Crippen LogP) is 2.82. The van der Waals surface area contributed by atoms with Crippen LogP contribution in [0.25, 0.3) is 0 Å². The maximum Gasteiger partial charge on any atom is 0.146 e. The van der Waals surface area contributed by atoms with Crippen LogP contribution in [0, 0.1) is 5.82 Å². The normalized spacial score (nSPS) is 10.2. The summed E-state index contributed by atoms with van der Waals surface area (Å²) < 4.78 is 13.7. The Labute approximate surface area is 105 Å². The minimum Gasteiger partial charge on any atom is -0.370 e. The largest absolute Gasteiger partial charge is 0.370 e. The first-order valence-electron chi connectivity index (χ1n) is 5.76. The Hall–Kier alpha value is -2.17. The molecule has 0 fully saturated rings. The molecule has 2 rings (SSSR count). The molecule has 0 bridgehead atoms. The van der Waals surface area contributed by atoms with Gasteiger partial charge in [0.25, 0.3) is 0 Å². The number of hydrogen-bond donors (Lipinski definition) is 1. The number of benzene rings is 1. The van der Waals surface area contributed by atoms with Crippen LogP contribution in [0.15, 0.2) is 36.7 Å². The molecule has 1 N–H and O–H groups in total. The molecule has 0 aliphatic heterocycles. The number of halogens is 1. The number of nitrogens with one attached hydrogen (secondary N) is 1. The second-order valence-electron chi connectivity index (χ2n) is 3.80. The Morgan fingerprint density at radius 2 is 2.06 bits per heavy atom. The summed E-state index contributed by atoms with van der Waals surface area (Å²) in [7, 11) is 1.77. The molecule has 18 heavy (non-hydrogen) atoms. The van der Waals surface area contributed by atoms with Crippen molar-refractivity contribution in [2.75, 3.05) is 23.8 Å². The fourth-order valence-electron chi connectivity index (χ4n) is 1.66. The van der Waals surface area contributed by atoms with Crippen molar-refractivity contribution in [2.24, 2.45) is 0 Å². The predicted molar refractivity (Wildman–Crippen MR) is 70.7 cm³/mol. The highest BCUT2D eigenvalue weighted by molar-refractivity contribution is 5.61. The van der Waals surface area contributed by atoms with E-state index in [4.69, 9.17) is 0 Å². The fourth-order valence-corrected chi connectivity index (χ4v) is 1.66. The zero-order valence-corrected chi connectivity index (χ0v) is 10.4. The molecule has 0 aliphatic rings. The third-order valence-corrected chi connectivity index (χ3v) is 2.57. The van der Waals surface area contributed by atoms with Crippen molar-refractivity contribution in [3.05, 3.63) is 42.5 Å². The summed E-state index contributed by atoms with van der Waals surface area (Å²) in [5.74, 6) is 1.10. The Kier molecular flexibility index (Phi) is 3.72. The van der Waals surface area contributed by atoms with Gasteiger partial charge in [-0.2, -0.15) is 0 Å². The molecule has 0 aliphatic carbocycles. The molecule has 1 aromatic carbocycles. The molecule has 0 unspecified atom stereocenters. The van der Waals surface area contributed by atoms with Gasteiger partial charge in [0, 0.05) is 19.7 Å². The van der Waals surface area contributed by atoms with Gasteiger partial charge in [0.05, 0.1) is 5.69 Å². The van der Waals surface area contributed by atoms with E-state index in [0.717, 1.165) is 12.4 Å². The summed E-state index contributed by atoms with van der Waals surface area (Å²) in [6.45, 7) is 2.77. The Morgan fingerprint density at radius 1 is 1.28 bits per heavy atom. The summed E-state index contributed by atoms with van der Waals surface area (Å²) >= 11 is 0. The van der Waals surface area contributed by atoms with E-state index in [1.165, 1.54) is 12.4 Å². The van der Waals surface area contributed by atoms with Gasteiger partial charge in [-0.1, -0.05) is 12.1 Å². The van der Waals surface area contributed by atoms with Gasteiger partial charge in [-0.25, -0.2) is 14.4 Å². The second kappa shape index (κ2) is 5.44. The molecule has 0 atom stereocenters. The monoisotopic (exact) mass is 246 g/mol. The van der Waals surface area contributed by atoms with E-state index >= 15 is 0 Å². The van der Waals surface area contributed by atoms with E-state index in [9.17, 15) is 4.39 Å². The average Bonchev–Trinajstić information content (AvgIpc) is 2.39. The van der Waals surface area contributed by atoms with Crippen LogP contribution in [0.4, 0.5) is 21.7 Å². The molecule has 94 valence electrons. The van der Waals surface area contributed by atoms with Gasteiger partial charge < -0.3 is 10.2 Å². The van der Waals surface area contributed by atoms with Crippen molar-refractivity contribution < 1.29 is 4.39 Å². The summed E-state index contributed by atoms with van der Waals surface area (Å²) in [5, 5.41) is 3.10. The molecule has 0 amide bonds. The van der Waals surface area contributed by atoms with Crippen LogP contribution in [0.5, 0.6) is 0 Å². The third-order valence-electron chi connectivity index (χ3n) is 2.57. The smallest absolute Gasteiger partial charge is 0.146 e. The maximum absolute atomic E-state index is 13.7. The van der Waals surface area contributed by atoms with Crippen LogP contribution in [0.1, 0.15) is 6.92 Å². The van der Waals surface area contributed by atoms with Gasteiger partial charge in [-0.3, -0.25) is 0 Å². The molecule has 0 saturated heterocycles. The lowest BCUT2D eigenvalue weighted by Crippen LogP contribution is -2.13. The Balaban J connectivity index is 2.31. The van der Waals surface area contributed by atoms with Crippen molar-refractivity contribution >= 4 is 17.3 Å². The number of anilines is 3. The van der Waals surface area contributed by atoms with Gasteiger partial charge in [-0.05, 0) is 19.1 Å². The van der Waals surface area contributed by atoms with E-state index in [1.54, 1.807) is 36.2 Å². The average molecular weight is 246 g/mol. The van der Waals surface area contributed by atoms with Crippen molar-refractivity contribution in [3.63, 3.8) is 0 Å². The van der Waals surface area contributed by atoms with E-state index in [0.29, 0.717) is 11.5 Å². The Morgan fingerprint density at radius 3 is 2.78 bits per heavy atom. The van der Waals surface area contributed by atoms with E-state index in [1.807, 2.05) is 6.92 Å². The SMILES string of the molecule is CCNc1cc(N(C)c2ccccc2F)ncn1. The van der Waals surface area contributed by atoms with Gasteiger partial charge in [0.1, 0.15) is 23.8 Å². The summed E-state index contributed by atoms with van der Waals surface area (Å²) in [6, 6.07) is 8.39. The second-order valence-corrected chi connectivity index (χ2v) is 3.80. The van der Waals surface area contributed by atoms with Crippen LogP contribution in [-0.2, 0) is 0 Å². The number of para-hydroxylation sites is 1. The molecule has 0 spiro atoms. The van der Waals surface area contributed by atoms with E-state index in [2.05, 4.69) is 15.3 Å². The molecule has 1 aromatic heterocycles. The Bertz CT molecular complexity index is 530.